The van der Waals surface area contributed by atoms with Gasteiger partial charge in [0.15, 0.2) is 0 Å². The fourth-order valence-electron chi connectivity index (χ4n) is 11.2. The largest absolute Gasteiger partial charge is 0.459 e. The molecule has 1 aromatic carbocycles. The van der Waals surface area contributed by atoms with E-state index in [9.17, 15) is 19.8 Å². The van der Waals surface area contributed by atoms with Crippen LogP contribution in [0.15, 0.2) is 47.7 Å². The van der Waals surface area contributed by atoms with Crippen molar-refractivity contribution in [1.82, 2.24) is 10.2 Å². The Morgan fingerprint density at radius 2 is 1.62 bits per heavy atom. The minimum Gasteiger partial charge on any atom is -0.459 e. The Hall–Kier alpha value is -3.41. The molecule has 0 radical (unpaired) electrons. The van der Waals surface area contributed by atoms with E-state index in [1.165, 1.54) is 77.0 Å². The summed E-state index contributed by atoms with van der Waals surface area (Å²) >= 11 is 0. The first-order valence-electron chi connectivity index (χ1n) is 25.2. The molecule has 1 heterocycles. The van der Waals surface area contributed by atoms with Crippen LogP contribution in [0.25, 0.3) is 0 Å². The van der Waals surface area contributed by atoms with Crippen molar-refractivity contribution in [3.63, 3.8) is 0 Å². The highest BCUT2D eigenvalue weighted by atomic mass is 16.7. The number of rotatable bonds is 30. The maximum atomic E-state index is 14.6. The van der Waals surface area contributed by atoms with Crippen molar-refractivity contribution >= 4 is 17.7 Å². The van der Waals surface area contributed by atoms with E-state index in [2.05, 4.69) is 31.8 Å². The fraction of sp³-hybridized carbons (Fsp3) is 0.750. The molecule has 2 saturated carbocycles. The Morgan fingerprint density at radius 3 is 2.29 bits per heavy atom. The second-order valence-electron chi connectivity index (χ2n) is 18.7. The van der Waals surface area contributed by atoms with Gasteiger partial charge in [0, 0.05) is 50.6 Å². The Bertz CT molecular complexity index is 1610. The van der Waals surface area contributed by atoms with Gasteiger partial charge in [0.1, 0.15) is 24.7 Å². The topological polar surface area (TPSA) is 139 Å². The minimum atomic E-state index is -1.29. The van der Waals surface area contributed by atoms with Gasteiger partial charge in [-0.15, -0.1) is 6.58 Å². The van der Waals surface area contributed by atoms with E-state index in [0.29, 0.717) is 56.2 Å². The second kappa shape index (κ2) is 27.2. The number of hydrogen-bond acceptors (Lipinski definition) is 9. The molecule has 1 aromatic rings. The summed E-state index contributed by atoms with van der Waals surface area (Å²) in [6, 6.07) is 5.15. The van der Waals surface area contributed by atoms with Gasteiger partial charge in [-0.1, -0.05) is 127 Å². The number of fused-ring (bicyclic) bond motifs is 2. The van der Waals surface area contributed by atoms with E-state index < -0.39 is 23.8 Å². The number of amides is 2. The van der Waals surface area contributed by atoms with Gasteiger partial charge in [0.25, 0.3) is 0 Å². The number of benzene rings is 1. The number of aliphatic hydroxyl groups excluding tert-OH is 2. The van der Waals surface area contributed by atoms with Gasteiger partial charge in [0.05, 0.1) is 18.2 Å². The quantitative estimate of drug-likeness (QED) is 0.0394. The van der Waals surface area contributed by atoms with Crippen molar-refractivity contribution in [2.45, 2.75) is 186 Å². The van der Waals surface area contributed by atoms with E-state index in [4.69, 9.17) is 24.2 Å². The molecule has 5 rings (SSSR count). The third kappa shape index (κ3) is 13.8. The molecule has 0 aromatic heterocycles. The van der Waals surface area contributed by atoms with E-state index in [1.807, 2.05) is 17.0 Å². The van der Waals surface area contributed by atoms with Crippen LogP contribution in [0.4, 0.5) is 4.79 Å². The second-order valence-corrected chi connectivity index (χ2v) is 18.7. The molecule has 63 heavy (non-hydrogen) atoms. The molecule has 11 heteroatoms. The molecular formula is C52H83N3O8. The highest BCUT2D eigenvalue weighted by molar-refractivity contribution is 6.03. The molecule has 2 amide bonds. The number of carbonyl (C=O) groups excluding carboxylic acids is 2. The third-order valence-corrected chi connectivity index (χ3v) is 14.3. The molecule has 354 valence electrons. The Kier molecular flexibility index (Phi) is 21.8. The molecule has 0 saturated heterocycles. The van der Waals surface area contributed by atoms with Crippen LogP contribution < -0.4 is 14.8 Å². The third-order valence-electron chi connectivity index (χ3n) is 14.3. The molecule has 0 spiro atoms. The monoisotopic (exact) mass is 878 g/mol. The number of ether oxygens (including phenoxy) is 3. The highest BCUT2D eigenvalue weighted by Gasteiger charge is 2.65. The molecule has 6 atom stereocenters. The van der Waals surface area contributed by atoms with Crippen molar-refractivity contribution in [3.8, 4) is 11.5 Å². The fourth-order valence-corrected chi connectivity index (χ4v) is 11.2. The van der Waals surface area contributed by atoms with E-state index in [-0.39, 0.29) is 43.5 Å². The van der Waals surface area contributed by atoms with Crippen molar-refractivity contribution < 1.29 is 38.9 Å². The Labute approximate surface area is 379 Å². The standard InChI is InChI=1S/C52H83N3O8/c1-5-8-9-10-11-12-13-14-15-20-31-53-51(59)62-41-28-29-46-44(37-41)49-42(26-19-22-34-57)40(25-18-21-33-56)36-43-45(54-60-4)38-47(52(63-46,50(43)49)61-35-7-3)55(32-6-2)48(58)30-27-39-23-16-17-24-39/h7,28-29,36-37,39-40,42,47,49-50,56-57H,3,5-6,8-27,30-35,38H2,1-2,4H3,(H,53,59)/t40-,42+,47-,49+,50+,52+/m0/s1. The molecule has 11 nitrogen and oxygen atoms in total. The summed E-state index contributed by atoms with van der Waals surface area (Å²) in [6.45, 7) is 9.96. The van der Waals surface area contributed by atoms with Gasteiger partial charge in [-0.25, -0.2) is 4.79 Å². The summed E-state index contributed by atoms with van der Waals surface area (Å²) in [5.41, 5.74) is 2.71. The Morgan fingerprint density at radius 1 is 0.921 bits per heavy atom. The number of nitrogens with zero attached hydrogens (tertiary/aromatic N) is 2. The molecule has 1 aliphatic heterocycles. The summed E-state index contributed by atoms with van der Waals surface area (Å²) in [6.07, 6.45) is 28.0. The first-order valence-corrected chi connectivity index (χ1v) is 25.2. The van der Waals surface area contributed by atoms with Crippen LogP contribution in [0.2, 0.25) is 0 Å². The first-order chi connectivity index (χ1) is 30.8. The average Bonchev–Trinajstić information content (AvgIpc) is 3.82. The zero-order valence-electron chi connectivity index (χ0n) is 39.3. The summed E-state index contributed by atoms with van der Waals surface area (Å²) in [4.78, 5) is 35.5. The minimum absolute atomic E-state index is 0.0824. The maximum absolute atomic E-state index is 14.6. The molecule has 3 aliphatic carbocycles. The number of aliphatic hydroxyl groups is 2. The highest BCUT2D eigenvalue weighted by Crippen LogP contribution is 2.62. The van der Waals surface area contributed by atoms with Crippen LogP contribution in [-0.4, -0.2) is 84.7 Å². The smallest absolute Gasteiger partial charge is 0.412 e. The van der Waals surface area contributed by atoms with Gasteiger partial charge >= 0.3 is 6.09 Å². The summed E-state index contributed by atoms with van der Waals surface area (Å²) in [5.74, 6) is 0.0974. The van der Waals surface area contributed by atoms with E-state index in [0.717, 1.165) is 68.2 Å². The lowest BCUT2D eigenvalue weighted by molar-refractivity contribution is -0.257. The number of nitrogens with one attached hydrogen (secondary N) is 1. The number of oxime groups is 1. The first kappa shape index (κ1) is 50.6. The summed E-state index contributed by atoms with van der Waals surface area (Å²) in [5, 5.41) is 27.5. The van der Waals surface area contributed by atoms with Gasteiger partial charge in [-0.3, -0.25) is 4.79 Å². The predicted octanol–water partition coefficient (Wildman–Crippen LogP) is 11.2. The number of allylic oxidation sites excluding steroid dienone is 1. The maximum Gasteiger partial charge on any atom is 0.412 e. The zero-order valence-corrected chi connectivity index (χ0v) is 39.3. The lowest BCUT2D eigenvalue weighted by atomic mass is 9.55. The van der Waals surface area contributed by atoms with Gasteiger partial charge in [-0.2, -0.15) is 0 Å². The average molecular weight is 878 g/mol. The van der Waals surface area contributed by atoms with Gasteiger partial charge in [-0.05, 0) is 86.5 Å². The molecule has 0 unspecified atom stereocenters. The van der Waals surface area contributed by atoms with Crippen LogP contribution in [-0.2, 0) is 14.4 Å². The van der Waals surface area contributed by atoms with Crippen LogP contribution >= 0.6 is 0 Å². The number of carbonyl (C=O) groups is 2. The van der Waals surface area contributed by atoms with Crippen LogP contribution in [0.5, 0.6) is 11.5 Å². The van der Waals surface area contributed by atoms with E-state index >= 15 is 0 Å². The van der Waals surface area contributed by atoms with Gasteiger partial charge < -0.3 is 39.5 Å². The van der Waals surface area contributed by atoms with E-state index in [1.54, 1.807) is 19.3 Å². The van der Waals surface area contributed by atoms with Crippen LogP contribution in [0.3, 0.4) is 0 Å². The van der Waals surface area contributed by atoms with Crippen LogP contribution in [0, 0.1) is 23.7 Å². The number of unbranched alkanes of at least 4 members (excludes halogenated alkanes) is 11. The summed E-state index contributed by atoms with van der Waals surface area (Å²) in [7, 11) is 1.57. The molecule has 4 aliphatic rings. The summed E-state index contributed by atoms with van der Waals surface area (Å²) < 4.78 is 20.4. The lowest BCUT2D eigenvalue weighted by Gasteiger charge is -2.60. The zero-order chi connectivity index (χ0) is 44.9. The Balaban J connectivity index is 1.49. The molecule has 3 N–H and O–H groups in total. The van der Waals surface area contributed by atoms with Gasteiger partial charge in [0.2, 0.25) is 11.7 Å². The van der Waals surface area contributed by atoms with Crippen molar-refractivity contribution in [1.29, 1.82) is 0 Å². The normalized spacial score (nSPS) is 24.6. The SMILES string of the molecule is C=CCO[C@@]12Oc3ccc(OC(=O)NCCCCCCCCCCCC)cc3[C@H]3[C@H](CCCCO)[C@@H](CCCCO)C=C(C(=NOC)C[C@@H]1N(CCC)C(=O)CCC1CCCC1)[C@H]32. The van der Waals surface area contributed by atoms with Crippen molar-refractivity contribution in [3.05, 3.63) is 48.1 Å². The number of hydrogen-bond donors (Lipinski definition) is 3. The lowest BCUT2D eigenvalue weighted by Crippen LogP contribution is -2.70. The van der Waals surface area contributed by atoms with Crippen molar-refractivity contribution in [2.75, 3.05) is 40.0 Å². The predicted molar refractivity (Wildman–Crippen MR) is 251 cm³/mol. The molecular weight excluding hydrogens is 795 g/mol. The molecule has 0 bridgehead atoms. The van der Waals surface area contributed by atoms with Crippen molar-refractivity contribution in [2.24, 2.45) is 28.8 Å². The molecule has 2 fully saturated rings. The van der Waals surface area contributed by atoms with Crippen LogP contribution in [0.1, 0.15) is 179 Å².